The average Bonchev–Trinajstić information content (AvgIpc) is 2.96. The number of nitrogens with zero attached hydrogens (tertiary/aromatic N) is 5. The Morgan fingerprint density at radius 3 is 2.40 bits per heavy atom. The summed E-state index contributed by atoms with van der Waals surface area (Å²) in [5.41, 5.74) is 15.2. The molecule has 0 spiro atoms. The molecule has 0 aliphatic heterocycles. The van der Waals surface area contributed by atoms with Crippen molar-refractivity contribution in [3.8, 4) is 5.69 Å². The number of hydrogen-bond donors (Lipinski definition) is 2. The van der Waals surface area contributed by atoms with Crippen molar-refractivity contribution in [1.29, 1.82) is 0 Å². The molecule has 0 bridgehead atoms. The van der Waals surface area contributed by atoms with Gasteiger partial charge in [-0.15, -0.1) is 11.3 Å². The van der Waals surface area contributed by atoms with Crippen LogP contribution in [0.25, 0.3) is 15.9 Å². The number of thioether (sulfide) groups is 1. The van der Waals surface area contributed by atoms with Crippen LogP contribution in [0.1, 0.15) is 27.4 Å². The second-order valence-corrected chi connectivity index (χ2v) is 9.12. The van der Waals surface area contributed by atoms with Gasteiger partial charge in [-0.3, -0.25) is 9.36 Å². The van der Waals surface area contributed by atoms with E-state index >= 15 is 0 Å². The Morgan fingerprint density at radius 1 is 1.00 bits per heavy atom. The van der Waals surface area contributed by atoms with E-state index in [-0.39, 0.29) is 17.5 Å². The predicted octanol–water partition coefficient (Wildman–Crippen LogP) is 3.32. The molecule has 4 rings (SSSR count). The Hall–Kier alpha value is -2.98. The largest absolute Gasteiger partial charge is 0.368 e. The number of rotatable bonds is 4. The van der Waals surface area contributed by atoms with Crippen molar-refractivity contribution in [3.05, 3.63) is 55.9 Å². The number of benzene rings is 1. The Bertz CT molecular complexity index is 1320. The molecule has 0 unspecified atom stereocenters. The maximum atomic E-state index is 13.6. The number of thiophene rings is 1. The first kappa shape index (κ1) is 20.3. The minimum Gasteiger partial charge on any atom is -0.368 e. The van der Waals surface area contributed by atoms with Crippen LogP contribution in [0.3, 0.4) is 0 Å². The molecule has 0 saturated heterocycles. The van der Waals surface area contributed by atoms with Crippen molar-refractivity contribution in [1.82, 2.24) is 24.5 Å². The standard InChI is InChI=1S/C20H21N7OS2/c1-9-6-5-7-13(10(9)2)27-17(28)15-11(3)12(4)30-16(15)25-20(27)29-8-14-23-18(21)26-19(22)24-14/h5-7H,8H2,1-4H3,(H4,21,22,23,24,26). The molecule has 0 amide bonds. The summed E-state index contributed by atoms with van der Waals surface area (Å²) < 4.78 is 1.68. The lowest BCUT2D eigenvalue weighted by molar-refractivity contribution is 0.813. The smallest absolute Gasteiger partial charge is 0.267 e. The normalized spacial score (nSPS) is 11.3. The van der Waals surface area contributed by atoms with Gasteiger partial charge in [0.25, 0.3) is 5.56 Å². The highest BCUT2D eigenvalue weighted by Gasteiger charge is 2.20. The van der Waals surface area contributed by atoms with Crippen molar-refractivity contribution in [3.63, 3.8) is 0 Å². The van der Waals surface area contributed by atoms with E-state index in [0.717, 1.165) is 32.1 Å². The molecule has 0 aliphatic rings. The molecular weight excluding hydrogens is 418 g/mol. The fourth-order valence-electron chi connectivity index (χ4n) is 3.21. The average molecular weight is 440 g/mol. The quantitative estimate of drug-likeness (QED) is 0.366. The van der Waals surface area contributed by atoms with E-state index < -0.39 is 0 Å². The van der Waals surface area contributed by atoms with Gasteiger partial charge in [-0.1, -0.05) is 23.9 Å². The van der Waals surface area contributed by atoms with Gasteiger partial charge in [0.2, 0.25) is 11.9 Å². The molecular formula is C20H21N7OS2. The SMILES string of the molecule is Cc1cccc(-n2c(SCc3nc(N)nc(N)n3)nc3sc(C)c(C)c3c2=O)c1C. The third-order valence-corrected chi connectivity index (χ3v) is 7.07. The molecule has 0 aliphatic carbocycles. The van der Waals surface area contributed by atoms with Gasteiger partial charge in [-0.25, -0.2) is 4.98 Å². The molecule has 10 heteroatoms. The number of aromatic nitrogens is 5. The summed E-state index contributed by atoms with van der Waals surface area (Å²) in [4.78, 5) is 32.3. The number of nitrogens with two attached hydrogens (primary N) is 2. The van der Waals surface area contributed by atoms with Crippen LogP contribution in [0, 0.1) is 27.7 Å². The third-order valence-electron chi connectivity index (χ3n) is 5.04. The van der Waals surface area contributed by atoms with E-state index in [0.29, 0.717) is 22.1 Å². The summed E-state index contributed by atoms with van der Waals surface area (Å²) in [6.45, 7) is 8.01. The number of nitrogen functional groups attached to an aromatic ring is 2. The monoisotopic (exact) mass is 439 g/mol. The molecule has 0 saturated carbocycles. The summed E-state index contributed by atoms with van der Waals surface area (Å²) >= 11 is 2.89. The Balaban J connectivity index is 1.91. The van der Waals surface area contributed by atoms with E-state index in [1.807, 2.05) is 45.9 Å². The van der Waals surface area contributed by atoms with Crippen LogP contribution in [0.15, 0.2) is 28.2 Å². The highest BCUT2D eigenvalue weighted by molar-refractivity contribution is 7.98. The summed E-state index contributed by atoms with van der Waals surface area (Å²) in [5, 5.41) is 1.23. The van der Waals surface area contributed by atoms with Crippen LogP contribution in [-0.2, 0) is 5.75 Å². The first-order chi connectivity index (χ1) is 14.3. The van der Waals surface area contributed by atoms with Crippen LogP contribution < -0.4 is 17.0 Å². The van der Waals surface area contributed by atoms with Gasteiger partial charge < -0.3 is 11.5 Å². The van der Waals surface area contributed by atoms with Crippen LogP contribution in [0.5, 0.6) is 0 Å². The van der Waals surface area contributed by atoms with Crippen LogP contribution in [0.2, 0.25) is 0 Å². The zero-order valence-electron chi connectivity index (χ0n) is 17.1. The molecule has 30 heavy (non-hydrogen) atoms. The van der Waals surface area contributed by atoms with Crippen molar-refractivity contribution in [2.45, 2.75) is 38.6 Å². The van der Waals surface area contributed by atoms with Gasteiger partial charge in [-0.05, 0) is 50.5 Å². The maximum Gasteiger partial charge on any atom is 0.267 e. The van der Waals surface area contributed by atoms with Gasteiger partial charge in [-0.2, -0.15) is 15.0 Å². The maximum absolute atomic E-state index is 13.6. The lowest BCUT2D eigenvalue weighted by atomic mass is 10.1. The summed E-state index contributed by atoms with van der Waals surface area (Å²) in [7, 11) is 0. The topological polar surface area (TPSA) is 126 Å². The third kappa shape index (κ3) is 3.52. The highest BCUT2D eigenvalue weighted by Crippen LogP contribution is 2.31. The van der Waals surface area contributed by atoms with Crippen LogP contribution >= 0.6 is 23.1 Å². The summed E-state index contributed by atoms with van der Waals surface area (Å²) in [6, 6.07) is 5.91. The minimum atomic E-state index is -0.0762. The van der Waals surface area contributed by atoms with E-state index in [1.54, 1.807) is 4.57 Å². The zero-order valence-corrected chi connectivity index (χ0v) is 18.7. The van der Waals surface area contributed by atoms with Gasteiger partial charge in [0, 0.05) is 4.88 Å². The zero-order chi connectivity index (χ0) is 21.6. The molecule has 0 radical (unpaired) electrons. The van der Waals surface area contributed by atoms with E-state index in [9.17, 15) is 4.79 Å². The van der Waals surface area contributed by atoms with E-state index in [2.05, 4.69) is 15.0 Å². The fraction of sp³-hybridized carbons (Fsp3) is 0.250. The predicted molar refractivity (Wildman–Crippen MR) is 122 cm³/mol. The van der Waals surface area contributed by atoms with Gasteiger partial charge in [0.15, 0.2) is 5.16 Å². The second-order valence-electron chi connectivity index (χ2n) is 6.97. The number of fused-ring (bicyclic) bond motifs is 1. The number of anilines is 2. The highest BCUT2D eigenvalue weighted by atomic mass is 32.2. The Kier molecular flexibility index (Phi) is 5.20. The molecule has 1 aromatic carbocycles. The molecule has 4 aromatic rings. The molecule has 4 N–H and O–H groups in total. The lowest BCUT2D eigenvalue weighted by Gasteiger charge is -2.15. The Morgan fingerprint density at radius 2 is 1.70 bits per heavy atom. The van der Waals surface area contributed by atoms with Crippen molar-refractivity contribution < 1.29 is 0 Å². The first-order valence-electron chi connectivity index (χ1n) is 9.24. The summed E-state index contributed by atoms with van der Waals surface area (Å²) in [6.07, 6.45) is 0. The summed E-state index contributed by atoms with van der Waals surface area (Å²) in [5.74, 6) is 0.921. The molecule has 154 valence electrons. The van der Waals surface area contributed by atoms with Gasteiger partial charge in [0.1, 0.15) is 10.7 Å². The van der Waals surface area contributed by atoms with Gasteiger partial charge in [0.05, 0.1) is 16.8 Å². The van der Waals surface area contributed by atoms with Crippen molar-refractivity contribution in [2.24, 2.45) is 0 Å². The number of aryl methyl sites for hydroxylation is 3. The van der Waals surface area contributed by atoms with Crippen LogP contribution in [0.4, 0.5) is 11.9 Å². The molecule has 0 fully saturated rings. The molecule has 3 aromatic heterocycles. The second kappa shape index (κ2) is 7.69. The van der Waals surface area contributed by atoms with Crippen LogP contribution in [-0.4, -0.2) is 24.5 Å². The Labute approximate surface area is 181 Å². The first-order valence-corrected chi connectivity index (χ1v) is 11.0. The lowest BCUT2D eigenvalue weighted by Crippen LogP contribution is -2.22. The van der Waals surface area contributed by atoms with Crippen molar-refractivity contribution in [2.75, 3.05) is 11.5 Å². The van der Waals surface area contributed by atoms with E-state index in [1.165, 1.54) is 23.1 Å². The molecule has 0 atom stereocenters. The van der Waals surface area contributed by atoms with E-state index in [4.69, 9.17) is 16.5 Å². The number of hydrogen-bond acceptors (Lipinski definition) is 9. The minimum absolute atomic E-state index is 0.0675. The molecule has 8 nitrogen and oxygen atoms in total. The fourth-order valence-corrected chi connectivity index (χ4v) is 5.14. The van der Waals surface area contributed by atoms with Crippen molar-refractivity contribution >= 4 is 45.2 Å². The van der Waals surface area contributed by atoms with Gasteiger partial charge >= 0.3 is 0 Å². The molecule has 3 heterocycles.